The fourth-order valence-corrected chi connectivity index (χ4v) is 1.87. The topological polar surface area (TPSA) is 58.4 Å². The van der Waals surface area contributed by atoms with Crippen LogP contribution in [-0.2, 0) is 4.79 Å². The maximum Gasteiger partial charge on any atom is 0.224 e. The highest BCUT2D eigenvalue weighted by Gasteiger charge is 2.17. The van der Waals surface area contributed by atoms with Gasteiger partial charge in [0.2, 0.25) is 5.91 Å². The van der Waals surface area contributed by atoms with Gasteiger partial charge in [0.25, 0.3) is 0 Å². The summed E-state index contributed by atoms with van der Waals surface area (Å²) in [5.41, 5.74) is 0. The summed E-state index contributed by atoms with van der Waals surface area (Å²) in [4.78, 5) is 13.6. The Hall–Kier alpha value is -1.52. The predicted octanol–water partition coefficient (Wildman–Crippen LogP) is 1.41. The molecule has 0 saturated carbocycles. The number of likely N-dealkylation sites (tertiary alicyclic amines) is 1. The Morgan fingerprint density at radius 2 is 2.31 bits per heavy atom. The first-order chi connectivity index (χ1) is 7.75. The number of aromatic nitrogens is 1. The first-order valence-corrected chi connectivity index (χ1v) is 5.70. The Bertz CT molecular complexity index is 356. The quantitative estimate of drug-likeness (QED) is 0.838. The third-order valence-corrected chi connectivity index (χ3v) is 2.73. The average Bonchev–Trinajstić information content (AvgIpc) is 2.89. The van der Waals surface area contributed by atoms with Gasteiger partial charge in [0.05, 0.1) is 0 Å². The van der Waals surface area contributed by atoms with Crippen LogP contribution in [0.25, 0.3) is 0 Å². The highest BCUT2D eigenvalue weighted by atomic mass is 16.5. The second-order valence-corrected chi connectivity index (χ2v) is 4.09. The molecule has 2 heterocycles. The van der Waals surface area contributed by atoms with Crippen molar-refractivity contribution in [1.29, 1.82) is 0 Å². The summed E-state index contributed by atoms with van der Waals surface area (Å²) < 4.78 is 4.91. The van der Waals surface area contributed by atoms with E-state index < -0.39 is 0 Å². The minimum atomic E-state index is 0.227. The summed E-state index contributed by atoms with van der Waals surface area (Å²) >= 11 is 0. The summed E-state index contributed by atoms with van der Waals surface area (Å²) in [6.45, 7) is 4.29. The van der Waals surface area contributed by atoms with Crippen molar-refractivity contribution in [3.8, 4) is 0 Å². The van der Waals surface area contributed by atoms with Crippen LogP contribution in [0.15, 0.2) is 10.6 Å². The molecule has 1 fully saturated rings. The van der Waals surface area contributed by atoms with Gasteiger partial charge in [-0.15, -0.1) is 0 Å². The second-order valence-electron chi connectivity index (χ2n) is 4.09. The van der Waals surface area contributed by atoms with Crippen LogP contribution in [0.4, 0.5) is 5.82 Å². The van der Waals surface area contributed by atoms with E-state index in [1.807, 2.05) is 17.9 Å². The second kappa shape index (κ2) is 5.01. The average molecular weight is 223 g/mol. The smallest absolute Gasteiger partial charge is 0.224 e. The first-order valence-electron chi connectivity index (χ1n) is 5.70. The fourth-order valence-electron chi connectivity index (χ4n) is 1.87. The molecule has 1 aromatic rings. The van der Waals surface area contributed by atoms with E-state index in [1.54, 1.807) is 0 Å². The number of nitrogens with one attached hydrogen (secondary N) is 1. The number of amides is 1. The molecular formula is C11H17N3O2. The van der Waals surface area contributed by atoms with Crippen molar-refractivity contribution in [3.05, 3.63) is 11.8 Å². The van der Waals surface area contributed by atoms with E-state index in [0.29, 0.717) is 18.8 Å². The largest absolute Gasteiger partial charge is 0.367 e. The van der Waals surface area contributed by atoms with Crippen LogP contribution in [0.2, 0.25) is 0 Å². The minimum Gasteiger partial charge on any atom is -0.367 e. The van der Waals surface area contributed by atoms with Gasteiger partial charge in [-0.2, -0.15) is 0 Å². The van der Waals surface area contributed by atoms with E-state index in [4.69, 9.17) is 4.52 Å². The van der Waals surface area contributed by atoms with Crippen molar-refractivity contribution in [3.63, 3.8) is 0 Å². The van der Waals surface area contributed by atoms with E-state index in [9.17, 15) is 4.79 Å². The summed E-state index contributed by atoms with van der Waals surface area (Å²) in [7, 11) is 0. The lowest BCUT2D eigenvalue weighted by atomic mass is 10.3. The van der Waals surface area contributed by atoms with Crippen LogP contribution in [0.5, 0.6) is 0 Å². The first kappa shape index (κ1) is 11.0. The standard InChI is InChI=1S/C11H17N3O2/c1-9-8-10(13-16-9)12-5-4-11(15)14-6-2-3-7-14/h8H,2-7H2,1H3,(H,12,13). The third-order valence-electron chi connectivity index (χ3n) is 2.73. The van der Waals surface area contributed by atoms with Crippen molar-refractivity contribution in [2.45, 2.75) is 26.2 Å². The lowest BCUT2D eigenvalue weighted by Crippen LogP contribution is -2.29. The molecule has 1 aromatic heterocycles. The molecule has 0 spiro atoms. The molecule has 1 aliphatic heterocycles. The maximum absolute atomic E-state index is 11.7. The van der Waals surface area contributed by atoms with E-state index in [0.717, 1.165) is 31.7 Å². The number of carbonyl (C=O) groups excluding carboxylic acids is 1. The van der Waals surface area contributed by atoms with Crippen molar-refractivity contribution in [1.82, 2.24) is 10.1 Å². The van der Waals surface area contributed by atoms with Gasteiger partial charge in [0.15, 0.2) is 5.82 Å². The number of hydrogen-bond acceptors (Lipinski definition) is 4. The number of rotatable bonds is 4. The Kier molecular flexibility index (Phi) is 3.44. The highest BCUT2D eigenvalue weighted by Crippen LogP contribution is 2.10. The van der Waals surface area contributed by atoms with E-state index >= 15 is 0 Å². The highest BCUT2D eigenvalue weighted by molar-refractivity contribution is 5.76. The van der Waals surface area contributed by atoms with Gasteiger partial charge in [-0.3, -0.25) is 4.79 Å². The molecule has 1 saturated heterocycles. The zero-order valence-corrected chi connectivity index (χ0v) is 9.53. The molecule has 0 radical (unpaired) electrons. The summed E-state index contributed by atoms with van der Waals surface area (Å²) in [6, 6.07) is 1.82. The monoisotopic (exact) mass is 223 g/mol. The van der Waals surface area contributed by atoms with Crippen LogP contribution in [-0.4, -0.2) is 35.6 Å². The van der Waals surface area contributed by atoms with Gasteiger partial charge in [-0.1, -0.05) is 5.16 Å². The molecule has 0 bridgehead atoms. The Morgan fingerprint density at radius 1 is 1.56 bits per heavy atom. The number of anilines is 1. The molecular weight excluding hydrogens is 206 g/mol. The Morgan fingerprint density at radius 3 is 2.94 bits per heavy atom. The molecule has 5 heteroatoms. The van der Waals surface area contributed by atoms with Crippen molar-refractivity contribution in [2.75, 3.05) is 25.0 Å². The van der Waals surface area contributed by atoms with Gasteiger partial charge in [-0.05, 0) is 19.8 Å². The van der Waals surface area contributed by atoms with Gasteiger partial charge in [0.1, 0.15) is 5.76 Å². The normalized spacial score (nSPS) is 15.4. The number of hydrogen-bond donors (Lipinski definition) is 1. The zero-order chi connectivity index (χ0) is 11.4. The van der Waals surface area contributed by atoms with Crippen LogP contribution in [0, 0.1) is 6.92 Å². The minimum absolute atomic E-state index is 0.227. The summed E-state index contributed by atoms with van der Waals surface area (Å²) in [5.74, 6) is 1.70. The lowest BCUT2D eigenvalue weighted by molar-refractivity contribution is -0.129. The fraction of sp³-hybridized carbons (Fsp3) is 0.636. The summed E-state index contributed by atoms with van der Waals surface area (Å²) in [5, 5.41) is 6.87. The molecule has 0 aliphatic carbocycles. The van der Waals surface area contributed by atoms with Crippen molar-refractivity contribution in [2.24, 2.45) is 0 Å². The lowest BCUT2D eigenvalue weighted by Gasteiger charge is -2.14. The van der Waals surface area contributed by atoms with Crippen LogP contribution in [0.1, 0.15) is 25.0 Å². The number of nitrogens with zero attached hydrogens (tertiary/aromatic N) is 2. The molecule has 5 nitrogen and oxygen atoms in total. The Balaban J connectivity index is 1.69. The van der Waals surface area contributed by atoms with Gasteiger partial charge in [0, 0.05) is 32.1 Å². The molecule has 0 unspecified atom stereocenters. The molecule has 1 aliphatic rings. The van der Waals surface area contributed by atoms with Crippen LogP contribution in [0.3, 0.4) is 0 Å². The third kappa shape index (κ3) is 2.74. The molecule has 2 rings (SSSR count). The van der Waals surface area contributed by atoms with Gasteiger partial charge >= 0.3 is 0 Å². The van der Waals surface area contributed by atoms with Crippen molar-refractivity contribution >= 4 is 11.7 Å². The van der Waals surface area contributed by atoms with Gasteiger partial charge in [-0.25, -0.2) is 0 Å². The predicted molar refractivity (Wildman–Crippen MR) is 60.2 cm³/mol. The van der Waals surface area contributed by atoms with E-state index in [1.165, 1.54) is 0 Å². The number of aryl methyl sites for hydroxylation is 1. The molecule has 0 atom stereocenters. The molecule has 0 aromatic carbocycles. The molecule has 1 amide bonds. The molecule has 88 valence electrons. The van der Waals surface area contributed by atoms with E-state index in [2.05, 4.69) is 10.5 Å². The maximum atomic E-state index is 11.7. The molecule has 16 heavy (non-hydrogen) atoms. The van der Waals surface area contributed by atoms with Gasteiger partial charge < -0.3 is 14.7 Å². The van der Waals surface area contributed by atoms with Crippen LogP contribution < -0.4 is 5.32 Å². The van der Waals surface area contributed by atoms with Crippen molar-refractivity contribution < 1.29 is 9.32 Å². The SMILES string of the molecule is Cc1cc(NCCC(=O)N2CCCC2)no1. The van der Waals surface area contributed by atoms with Crippen LogP contribution >= 0.6 is 0 Å². The Labute approximate surface area is 94.8 Å². The summed E-state index contributed by atoms with van der Waals surface area (Å²) in [6.07, 6.45) is 2.80. The molecule has 1 N–H and O–H groups in total. The number of carbonyl (C=O) groups is 1. The van der Waals surface area contributed by atoms with E-state index in [-0.39, 0.29) is 5.91 Å². The zero-order valence-electron chi connectivity index (χ0n) is 9.53.